The first-order valence-electron chi connectivity index (χ1n) is 6.57. The van der Waals surface area contributed by atoms with Gasteiger partial charge in [-0.25, -0.2) is 4.79 Å². The van der Waals surface area contributed by atoms with Crippen LogP contribution in [0.4, 0.5) is 4.79 Å². The summed E-state index contributed by atoms with van der Waals surface area (Å²) in [7, 11) is 0. The molecule has 1 aliphatic heterocycles. The molecule has 1 fully saturated rings. The summed E-state index contributed by atoms with van der Waals surface area (Å²) in [6.07, 6.45) is -0.978. The second-order valence-electron chi connectivity index (χ2n) is 5.64. The number of aliphatic hydroxyl groups excluding tert-OH is 1. The third-order valence-electron chi connectivity index (χ3n) is 2.82. The first kappa shape index (κ1) is 15.8. The molecule has 0 aromatic heterocycles. The largest absolute Gasteiger partial charge is 0.466 e. The Kier molecular flexibility index (Phi) is 5.17. The van der Waals surface area contributed by atoms with Gasteiger partial charge in [0.15, 0.2) is 0 Å². The first-order chi connectivity index (χ1) is 8.74. The van der Waals surface area contributed by atoms with E-state index in [0.717, 1.165) is 0 Å². The van der Waals surface area contributed by atoms with Crippen molar-refractivity contribution in [2.24, 2.45) is 5.92 Å². The number of β-amino-alcohol motifs (C(OH)–C–C–N with tert-alkyl or cyclic N) is 1. The fourth-order valence-electron chi connectivity index (χ4n) is 1.95. The molecule has 1 N–H and O–H groups in total. The summed E-state index contributed by atoms with van der Waals surface area (Å²) < 4.78 is 10.1. The molecule has 1 amide bonds. The summed E-state index contributed by atoms with van der Waals surface area (Å²) >= 11 is 0. The van der Waals surface area contributed by atoms with Gasteiger partial charge in [-0.2, -0.15) is 0 Å². The van der Waals surface area contributed by atoms with Crippen LogP contribution in [-0.2, 0) is 14.3 Å². The summed E-state index contributed by atoms with van der Waals surface area (Å²) in [5.74, 6) is -0.961. The predicted octanol–water partition coefficient (Wildman–Crippen LogP) is 1.17. The summed E-state index contributed by atoms with van der Waals surface area (Å²) in [6, 6.07) is 0. The van der Waals surface area contributed by atoms with E-state index in [1.165, 1.54) is 4.90 Å². The van der Waals surface area contributed by atoms with Crippen molar-refractivity contribution in [2.45, 2.75) is 45.8 Å². The van der Waals surface area contributed by atoms with Gasteiger partial charge in [0.2, 0.25) is 0 Å². The van der Waals surface area contributed by atoms with Crippen molar-refractivity contribution in [1.82, 2.24) is 4.90 Å². The second-order valence-corrected chi connectivity index (χ2v) is 5.64. The number of ether oxygens (including phenoxy) is 2. The highest BCUT2D eigenvalue weighted by Crippen LogP contribution is 2.21. The van der Waals surface area contributed by atoms with Crippen molar-refractivity contribution in [3.05, 3.63) is 0 Å². The number of esters is 1. The Bertz CT molecular complexity index is 336. The van der Waals surface area contributed by atoms with E-state index in [4.69, 9.17) is 9.47 Å². The summed E-state index contributed by atoms with van der Waals surface area (Å²) in [6.45, 7) is 7.85. The quantitative estimate of drug-likeness (QED) is 0.764. The smallest absolute Gasteiger partial charge is 0.410 e. The van der Waals surface area contributed by atoms with E-state index >= 15 is 0 Å². The molecule has 0 saturated carbocycles. The molecule has 110 valence electrons. The van der Waals surface area contributed by atoms with E-state index in [1.807, 2.05) is 0 Å². The van der Waals surface area contributed by atoms with Crippen LogP contribution in [0.3, 0.4) is 0 Å². The molecule has 2 atom stereocenters. The number of amides is 1. The molecular weight excluding hydrogens is 250 g/mol. The van der Waals surface area contributed by atoms with E-state index in [1.54, 1.807) is 27.7 Å². The third kappa shape index (κ3) is 4.70. The molecule has 0 aromatic carbocycles. The molecule has 0 unspecified atom stereocenters. The van der Waals surface area contributed by atoms with E-state index < -0.39 is 29.7 Å². The number of aliphatic hydroxyl groups is 1. The van der Waals surface area contributed by atoms with Crippen LogP contribution in [0, 0.1) is 5.92 Å². The van der Waals surface area contributed by atoms with Crippen LogP contribution in [0.2, 0.25) is 0 Å². The molecule has 0 bridgehead atoms. The van der Waals surface area contributed by atoms with Gasteiger partial charge in [-0.3, -0.25) is 4.79 Å². The van der Waals surface area contributed by atoms with Gasteiger partial charge in [0.1, 0.15) is 5.60 Å². The number of hydrogen-bond donors (Lipinski definition) is 1. The highest BCUT2D eigenvalue weighted by Gasteiger charge is 2.36. The molecule has 0 radical (unpaired) electrons. The first-order valence-corrected chi connectivity index (χ1v) is 6.57. The Hall–Kier alpha value is -1.30. The summed E-state index contributed by atoms with van der Waals surface area (Å²) in [5, 5.41) is 9.93. The topological polar surface area (TPSA) is 76.1 Å². The molecule has 1 heterocycles. The standard InChI is InChI=1S/C13H23NO5/c1-5-18-11(16)9-6-7-14(8-10(9)15)12(17)19-13(2,3)4/h9-10,15H,5-8H2,1-4H3/t9-,10-/m1/s1. The molecule has 19 heavy (non-hydrogen) atoms. The molecule has 0 aromatic rings. The van der Waals surface area contributed by atoms with Crippen LogP contribution in [-0.4, -0.2) is 53.5 Å². The third-order valence-corrected chi connectivity index (χ3v) is 2.82. The molecule has 1 saturated heterocycles. The number of piperidine rings is 1. The van der Waals surface area contributed by atoms with Gasteiger partial charge in [-0.1, -0.05) is 0 Å². The fourth-order valence-corrected chi connectivity index (χ4v) is 1.95. The second kappa shape index (κ2) is 6.23. The maximum atomic E-state index is 11.8. The number of rotatable bonds is 2. The Labute approximate surface area is 113 Å². The number of carbonyl (C=O) groups excluding carboxylic acids is 2. The van der Waals surface area contributed by atoms with Crippen molar-refractivity contribution < 1.29 is 24.2 Å². The van der Waals surface area contributed by atoms with Crippen LogP contribution >= 0.6 is 0 Å². The maximum Gasteiger partial charge on any atom is 0.410 e. The van der Waals surface area contributed by atoms with Crippen LogP contribution in [0.15, 0.2) is 0 Å². The van der Waals surface area contributed by atoms with E-state index in [-0.39, 0.29) is 13.2 Å². The Morgan fingerprint density at radius 3 is 2.47 bits per heavy atom. The number of nitrogens with zero attached hydrogens (tertiary/aromatic N) is 1. The minimum Gasteiger partial charge on any atom is -0.466 e. The minimum atomic E-state index is -0.902. The zero-order valence-corrected chi connectivity index (χ0v) is 12.0. The van der Waals surface area contributed by atoms with Crippen molar-refractivity contribution >= 4 is 12.1 Å². The van der Waals surface area contributed by atoms with Gasteiger partial charge in [0.25, 0.3) is 0 Å². The van der Waals surface area contributed by atoms with Gasteiger partial charge in [-0.05, 0) is 34.1 Å². The SMILES string of the molecule is CCOC(=O)[C@@H]1CCN(C(=O)OC(C)(C)C)C[C@H]1O. The molecule has 1 aliphatic rings. The lowest BCUT2D eigenvalue weighted by molar-refractivity contribution is -0.154. The maximum absolute atomic E-state index is 11.8. The summed E-state index contributed by atoms with van der Waals surface area (Å²) in [5.41, 5.74) is -0.569. The molecule has 1 rings (SSSR count). The van der Waals surface area contributed by atoms with Crippen LogP contribution in [0.1, 0.15) is 34.1 Å². The average Bonchev–Trinajstić information content (AvgIpc) is 2.26. The Morgan fingerprint density at radius 1 is 1.37 bits per heavy atom. The normalized spacial score (nSPS) is 23.9. The summed E-state index contributed by atoms with van der Waals surface area (Å²) in [4.78, 5) is 24.9. The Balaban J connectivity index is 2.54. The van der Waals surface area contributed by atoms with Crippen molar-refractivity contribution in [1.29, 1.82) is 0 Å². The van der Waals surface area contributed by atoms with Crippen molar-refractivity contribution in [3.63, 3.8) is 0 Å². The number of carbonyl (C=O) groups is 2. The monoisotopic (exact) mass is 273 g/mol. The number of hydrogen-bond acceptors (Lipinski definition) is 5. The Morgan fingerprint density at radius 2 is 2.00 bits per heavy atom. The van der Waals surface area contributed by atoms with E-state index in [9.17, 15) is 14.7 Å². The van der Waals surface area contributed by atoms with Gasteiger partial charge < -0.3 is 19.5 Å². The average molecular weight is 273 g/mol. The highest BCUT2D eigenvalue weighted by atomic mass is 16.6. The van der Waals surface area contributed by atoms with Crippen LogP contribution < -0.4 is 0 Å². The molecule has 0 spiro atoms. The highest BCUT2D eigenvalue weighted by molar-refractivity contribution is 5.74. The number of likely N-dealkylation sites (tertiary alicyclic amines) is 1. The van der Waals surface area contributed by atoms with Gasteiger partial charge in [-0.15, -0.1) is 0 Å². The minimum absolute atomic E-state index is 0.0956. The van der Waals surface area contributed by atoms with Gasteiger partial charge >= 0.3 is 12.1 Å². The lowest BCUT2D eigenvalue weighted by Crippen LogP contribution is -2.50. The van der Waals surface area contributed by atoms with Gasteiger partial charge in [0.05, 0.1) is 25.2 Å². The van der Waals surface area contributed by atoms with Gasteiger partial charge in [0, 0.05) is 6.54 Å². The van der Waals surface area contributed by atoms with Crippen LogP contribution in [0.5, 0.6) is 0 Å². The molecular formula is C13H23NO5. The lowest BCUT2D eigenvalue weighted by atomic mass is 9.94. The van der Waals surface area contributed by atoms with Crippen molar-refractivity contribution in [2.75, 3.05) is 19.7 Å². The van der Waals surface area contributed by atoms with Crippen LogP contribution in [0.25, 0.3) is 0 Å². The molecule has 6 heteroatoms. The fraction of sp³-hybridized carbons (Fsp3) is 0.846. The molecule has 6 nitrogen and oxygen atoms in total. The zero-order chi connectivity index (χ0) is 14.6. The predicted molar refractivity (Wildman–Crippen MR) is 68.6 cm³/mol. The van der Waals surface area contributed by atoms with E-state index in [2.05, 4.69) is 0 Å². The van der Waals surface area contributed by atoms with Crippen molar-refractivity contribution in [3.8, 4) is 0 Å². The molecule has 0 aliphatic carbocycles. The zero-order valence-electron chi connectivity index (χ0n) is 12.0. The lowest BCUT2D eigenvalue weighted by Gasteiger charge is -2.35. The van der Waals surface area contributed by atoms with E-state index in [0.29, 0.717) is 13.0 Å².